The Morgan fingerprint density at radius 1 is 1.00 bits per heavy atom. The number of ether oxygens (including phenoxy) is 1. The molecule has 1 rings (SSSR count). The summed E-state index contributed by atoms with van der Waals surface area (Å²) < 4.78 is 15.1. The lowest BCUT2D eigenvalue weighted by Gasteiger charge is -2.39. The molecule has 0 radical (unpaired) electrons. The van der Waals surface area contributed by atoms with Crippen LogP contribution in [0.25, 0.3) is 0 Å². The average Bonchev–Trinajstić information content (AvgIpc) is 2.18. The zero-order chi connectivity index (χ0) is 12.7. The Morgan fingerprint density at radius 2 is 1.50 bits per heavy atom. The molecule has 10 heteroatoms. The van der Waals surface area contributed by atoms with E-state index in [0.29, 0.717) is 0 Å². The van der Waals surface area contributed by atoms with Crippen LogP contribution >= 0.6 is 7.60 Å². The van der Waals surface area contributed by atoms with E-state index in [2.05, 4.69) is 4.74 Å². The van der Waals surface area contributed by atoms with Crippen molar-refractivity contribution in [1.82, 2.24) is 0 Å². The highest BCUT2D eigenvalue weighted by Gasteiger charge is 2.50. The minimum absolute atomic E-state index is 1.82. The molecule has 1 aliphatic heterocycles. The van der Waals surface area contributed by atoms with Crippen LogP contribution in [0, 0.1) is 0 Å². The van der Waals surface area contributed by atoms with Gasteiger partial charge in [0.15, 0.2) is 12.1 Å². The van der Waals surface area contributed by atoms with Gasteiger partial charge in [-0.25, -0.2) is 0 Å². The van der Waals surface area contributed by atoms with Crippen LogP contribution in [0.5, 0.6) is 0 Å². The molecule has 0 amide bonds. The Labute approximate surface area is 89.7 Å². The molecule has 0 aromatic heterocycles. The third-order valence-corrected chi connectivity index (χ3v) is 3.25. The van der Waals surface area contributed by atoms with Gasteiger partial charge in [0, 0.05) is 0 Å². The molecule has 9 nitrogen and oxygen atoms in total. The van der Waals surface area contributed by atoms with Crippen LogP contribution in [-0.2, 0) is 9.30 Å². The van der Waals surface area contributed by atoms with Gasteiger partial charge in [-0.1, -0.05) is 0 Å². The average molecular weight is 260 g/mol. The van der Waals surface area contributed by atoms with Gasteiger partial charge >= 0.3 is 7.60 Å². The SMILES string of the molecule is O=P(O)(O)C(O)C1O[C@@H](O)C(O)[C@H](O)[C@@H]1O. The van der Waals surface area contributed by atoms with Gasteiger partial charge in [0.05, 0.1) is 0 Å². The van der Waals surface area contributed by atoms with Crippen LogP contribution in [0.15, 0.2) is 0 Å². The summed E-state index contributed by atoms with van der Waals surface area (Å²) >= 11 is 0. The van der Waals surface area contributed by atoms with E-state index in [-0.39, 0.29) is 0 Å². The van der Waals surface area contributed by atoms with Crippen LogP contribution in [0.1, 0.15) is 0 Å². The fourth-order valence-corrected chi connectivity index (χ4v) is 1.95. The largest absolute Gasteiger partial charge is 0.387 e. The molecule has 7 N–H and O–H groups in total. The van der Waals surface area contributed by atoms with E-state index in [4.69, 9.17) is 25.1 Å². The van der Waals surface area contributed by atoms with Gasteiger partial charge in [0.1, 0.15) is 24.4 Å². The first-order valence-electron chi connectivity index (χ1n) is 4.27. The zero-order valence-corrected chi connectivity index (χ0v) is 8.75. The molecule has 0 aliphatic carbocycles. The summed E-state index contributed by atoms with van der Waals surface area (Å²) in [6, 6.07) is 0. The Bertz CT molecular complexity index is 290. The van der Waals surface area contributed by atoms with Gasteiger partial charge in [-0.2, -0.15) is 0 Å². The Hall–Kier alpha value is -0.0900. The molecule has 96 valence electrons. The van der Waals surface area contributed by atoms with Crippen LogP contribution in [-0.4, -0.2) is 71.9 Å². The Morgan fingerprint density at radius 3 is 1.94 bits per heavy atom. The maximum Gasteiger partial charge on any atom is 0.356 e. The second-order valence-corrected chi connectivity index (χ2v) is 5.17. The molecule has 0 saturated carbocycles. The Balaban J connectivity index is 2.86. The number of rotatable bonds is 2. The van der Waals surface area contributed by atoms with Gasteiger partial charge in [-0.15, -0.1) is 0 Å². The lowest BCUT2D eigenvalue weighted by molar-refractivity contribution is -0.291. The summed E-state index contributed by atoms with van der Waals surface area (Å²) in [5.74, 6) is -2.40. The fraction of sp³-hybridized carbons (Fsp3) is 1.00. The summed E-state index contributed by atoms with van der Waals surface area (Å²) in [7, 11) is -4.97. The van der Waals surface area contributed by atoms with E-state index < -0.39 is 44.1 Å². The lowest BCUT2D eigenvalue weighted by atomic mass is 9.99. The van der Waals surface area contributed by atoms with E-state index in [1.165, 1.54) is 0 Å². The van der Waals surface area contributed by atoms with E-state index in [1.807, 2.05) is 0 Å². The third-order valence-electron chi connectivity index (χ3n) is 2.26. The molecule has 1 aliphatic rings. The normalized spacial score (nSPS) is 43.1. The third kappa shape index (κ3) is 2.59. The van der Waals surface area contributed by atoms with Crippen molar-refractivity contribution < 1.29 is 44.6 Å². The highest BCUT2D eigenvalue weighted by molar-refractivity contribution is 7.52. The van der Waals surface area contributed by atoms with Gasteiger partial charge in [0.25, 0.3) is 0 Å². The lowest BCUT2D eigenvalue weighted by Crippen LogP contribution is -2.60. The smallest absolute Gasteiger partial charge is 0.356 e. The minimum atomic E-state index is -4.97. The summed E-state index contributed by atoms with van der Waals surface area (Å²) in [5.41, 5.74) is 0. The van der Waals surface area contributed by atoms with Crippen molar-refractivity contribution in [3.8, 4) is 0 Å². The predicted molar refractivity (Wildman–Crippen MR) is 47.0 cm³/mol. The Kier molecular flexibility index (Phi) is 4.06. The molecular formula is C6H13O9P. The quantitative estimate of drug-likeness (QED) is 0.247. The maximum atomic E-state index is 10.7. The highest BCUT2D eigenvalue weighted by atomic mass is 31.2. The molecule has 0 aromatic rings. The van der Waals surface area contributed by atoms with Crippen molar-refractivity contribution in [2.24, 2.45) is 0 Å². The summed E-state index contributed by atoms with van der Waals surface area (Å²) in [6.45, 7) is 0. The maximum absolute atomic E-state index is 10.7. The van der Waals surface area contributed by atoms with Crippen molar-refractivity contribution in [2.75, 3.05) is 0 Å². The second-order valence-electron chi connectivity index (χ2n) is 3.47. The number of hydrogen-bond acceptors (Lipinski definition) is 7. The first-order valence-corrected chi connectivity index (χ1v) is 5.95. The zero-order valence-electron chi connectivity index (χ0n) is 7.86. The van der Waals surface area contributed by atoms with Crippen molar-refractivity contribution in [3.05, 3.63) is 0 Å². The van der Waals surface area contributed by atoms with E-state index >= 15 is 0 Å². The first kappa shape index (κ1) is 14.0. The van der Waals surface area contributed by atoms with Crippen LogP contribution < -0.4 is 0 Å². The molecule has 1 fully saturated rings. The molecule has 16 heavy (non-hydrogen) atoms. The van der Waals surface area contributed by atoms with Gasteiger partial charge in [-0.3, -0.25) is 4.57 Å². The standard InChI is InChI=1S/C6H13O9P/c7-1-2(8)4(6(11)16(12,13)14)15-5(10)3(1)9/h1-11H,(H2,12,13,14)/t1-,2+,3?,4?,5-,6?/m1/s1. The molecular weight excluding hydrogens is 247 g/mol. The van der Waals surface area contributed by atoms with Crippen LogP contribution in [0.4, 0.5) is 0 Å². The molecule has 0 bridgehead atoms. The first-order chi connectivity index (χ1) is 7.16. The fourth-order valence-electron chi connectivity index (χ4n) is 1.33. The molecule has 0 spiro atoms. The molecule has 1 saturated heterocycles. The molecule has 0 aromatic carbocycles. The predicted octanol–water partition coefficient (Wildman–Crippen LogP) is -3.72. The molecule has 3 unspecified atom stereocenters. The number of aliphatic hydroxyl groups excluding tert-OH is 5. The van der Waals surface area contributed by atoms with E-state index in [0.717, 1.165) is 0 Å². The van der Waals surface area contributed by atoms with E-state index in [9.17, 15) is 14.8 Å². The van der Waals surface area contributed by atoms with Crippen molar-refractivity contribution in [3.63, 3.8) is 0 Å². The summed E-state index contributed by atoms with van der Waals surface area (Å²) in [4.78, 5) is 17.3. The van der Waals surface area contributed by atoms with E-state index in [1.54, 1.807) is 0 Å². The molecule has 1 heterocycles. The monoisotopic (exact) mass is 260 g/mol. The second kappa shape index (κ2) is 4.65. The summed E-state index contributed by atoms with van der Waals surface area (Å²) in [5, 5.41) is 45.8. The number of aliphatic hydroxyl groups is 5. The van der Waals surface area contributed by atoms with Gasteiger partial charge in [0.2, 0.25) is 0 Å². The topological polar surface area (TPSA) is 168 Å². The number of hydrogen-bond donors (Lipinski definition) is 7. The minimum Gasteiger partial charge on any atom is -0.387 e. The summed E-state index contributed by atoms with van der Waals surface area (Å²) in [6.07, 6.45) is -9.48. The van der Waals surface area contributed by atoms with Crippen molar-refractivity contribution in [1.29, 1.82) is 0 Å². The molecule has 6 atom stereocenters. The van der Waals surface area contributed by atoms with Crippen LogP contribution in [0.2, 0.25) is 0 Å². The van der Waals surface area contributed by atoms with Crippen molar-refractivity contribution in [2.45, 2.75) is 36.6 Å². The highest BCUT2D eigenvalue weighted by Crippen LogP contribution is 2.44. The van der Waals surface area contributed by atoms with Crippen molar-refractivity contribution >= 4 is 7.60 Å². The van der Waals surface area contributed by atoms with Gasteiger partial charge in [-0.05, 0) is 0 Å². The van der Waals surface area contributed by atoms with Gasteiger partial charge < -0.3 is 40.1 Å². The van der Waals surface area contributed by atoms with Crippen LogP contribution in [0.3, 0.4) is 0 Å².